The van der Waals surface area contributed by atoms with Gasteiger partial charge in [0.2, 0.25) is 23.5 Å². The van der Waals surface area contributed by atoms with Gasteiger partial charge in [-0.05, 0) is 43.9 Å². The van der Waals surface area contributed by atoms with Gasteiger partial charge in [0.1, 0.15) is 12.1 Å². The zero-order valence-electron chi connectivity index (χ0n) is 24.7. The molecule has 3 rings (SSSR count). The monoisotopic (exact) mass is 624 g/mol. The number of carboxylic acids is 1. The number of Topliss-reactive ketones (excluding diaryl/α,β-unsaturated/α-hetero) is 1. The third kappa shape index (κ3) is 10.7. The van der Waals surface area contributed by atoms with Gasteiger partial charge in [0.05, 0.1) is 23.9 Å². The zero-order chi connectivity index (χ0) is 32.9. The lowest BCUT2D eigenvalue weighted by molar-refractivity contribution is -0.384. The largest absolute Gasteiger partial charge is 0.481 e. The van der Waals surface area contributed by atoms with Crippen LogP contribution in [-0.2, 0) is 35.2 Å². The van der Waals surface area contributed by atoms with Crippen molar-refractivity contribution in [3.05, 3.63) is 70.3 Å². The Morgan fingerprint density at radius 3 is 2.33 bits per heavy atom. The lowest BCUT2D eigenvalue weighted by Crippen LogP contribution is -2.53. The summed E-state index contributed by atoms with van der Waals surface area (Å²) in [5.74, 6) is -4.85. The molecule has 1 aliphatic rings. The summed E-state index contributed by atoms with van der Waals surface area (Å²) >= 11 is 0. The Hall–Kier alpha value is -5.34. The average molecular weight is 625 g/mol. The number of nitro groups is 1. The van der Waals surface area contributed by atoms with Crippen molar-refractivity contribution in [2.24, 2.45) is 0 Å². The average Bonchev–Trinajstić information content (AvgIpc) is 3.52. The van der Waals surface area contributed by atoms with Crippen LogP contribution in [0, 0.1) is 10.1 Å². The summed E-state index contributed by atoms with van der Waals surface area (Å²) in [4.78, 5) is 85.4. The molecular weight excluding hydrogens is 588 g/mol. The topological polar surface area (TPSA) is 217 Å². The van der Waals surface area contributed by atoms with Crippen molar-refractivity contribution in [2.45, 2.75) is 57.2 Å². The number of nitrogens with one attached hydrogen (secondary N) is 4. The van der Waals surface area contributed by atoms with E-state index in [1.54, 1.807) is 12.1 Å². The molecule has 3 atom stereocenters. The highest BCUT2D eigenvalue weighted by atomic mass is 16.6. The summed E-state index contributed by atoms with van der Waals surface area (Å²) in [6, 6.07) is 12.9. The highest BCUT2D eigenvalue weighted by Gasteiger charge is 2.37. The Balaban J connectivity index is 1.58. The summed E-state index contributed by atoms with van der Waals surface area (Å²) in [5.41, 5.74) is 1.52. The molecule has 2 aromatic rings. The SMILES string of the molecule is C[C@H](NC(=O)CCC(=O)O)C(=O)NCC(=O)C(=O)N1CCC[C@H]1C(=O)N[C@H](CNc1ccc([N+](=O)[O-])cc1)Cc1ccccc1. The van der Waals surface area contributed by atoms with Gasteiger partial charge in [0, 0.05) is 37.3 Å². The molecule has 0 bridgehead atoms. The van der Waals surface area contributed by atoms with Gasteiger partial charge >= 0.3 is 5.97 Å². The smallest absolute Gasteiger partial charge is 0.303 e. The molecule has 45 heavy (non-hydrogen) atoms. The molecule has 1 aliphatic heterocycles. The molecule has 0 aromatic heterocycles. The lowest BCUT2D eigenvalue weighted by atomic mass is 10.0. The maximum atomic E-state index is 13.4. The number of carbonyl (C=O) groups excluding carboxylic acids is 5. The number of aliphatic carboxylic acids is 1. The predicted molar refractivity (Wildman–Crippen MR) is 161 cm³/mol. The van der Waals surface area contributed by atoms with Crippen LogP contribution in [0.15, 0.2) is 54.6 Å². The number of anilines is 1. The molecule has 0 radical (unpaired) electrons. The van der Waals surface area contributed by atoms with Crippen LogP contribution in [0.1, 0.15) is 38.2 Å². The minimum Gasteiger partial charge on any atom is -0.481 e. The van der Waals surface area contributed by atoms with Crippen LogP contribution in [0.4, 0.5) is 11.4 Å². The van der Waals surface area contributed by atoms with Crippen LogP contribution in [-0.4, -0.2) is 88.1 Å². The number of benzene rings is 2. The van der Waals surface area contributed by atoms with Crippen molar-refractivity contribution < 1.29 is 38.8 Å². The molecular formula is C30H36N6O9. The Labute approximate surface area is 258 Å². The van der Waals surface area contributed by atoms with Crippen LogP contribution < -0.4 is 21.3 Å². The molecule has 0 unspecified atom stereocenters. The molecule has 1 heterocycles. The molecule has 240 valence electrons. The molecule has 0 aliphatic carbocycles. The van der Waals surface area contributed by atoms with E-state index in [9.17, 15) is 38.9 Å². The normalized spacial score (nSPS) is 15.3. The number of amides is 4. The summed E-state index contributed by atoms with van der Waals surface area (Å²) in [5, 5.41) is 30.4. The summed E-state index contributed by atoms with van der Waals surface area (Å²) < 4.78 is 0. The van der Waals surface area contributed by atoms with E-state index in [4.69, 9.17) is 5.11 Å². The molecule has 4 amide bonds. The van der Waals surface area contributed by atoms with Gasteiger partial charge in [-0.15, -0.1) is 0 Å². The Morgan fingerprint density at radius 2 is 1.69 bits per heavy atom. The fraction of sp³-hybridized carbons (Fsp3) is 0.400. The minimum atomic E-state index is -1.16. The predicted octanol–water partition coefficient (Wildman–Crippen LogP) is 0.780. The maximum absolute atomic E-state index is 13.4. The molecule has 5 N–H and O–H groups in total. The quantitative estimate of drug-likeness (QED) is 0.100. The van der Waals surface area contributed by atoms with Crippen molar-refractivity contribution in [1.29, 1.82) is 0 Å². The highest BCUT2D eigenvalue weighted by molar-refractivity contribution is 6.37. The Morgan fingerprint density at radius 1 is 1.00 bits per heavy atom. The van der Waals surface area contributed by atoms with Gasteiger partial charge in [0.15, 0.2) is 0 Å². The number of non-ortho nitro benzene ring substituents is 1. The number of nitrogens with zero attached hydrogens (tertiary/aromatic N) is 2. The van der Waals surface area contributed by atoms with Gasteiger partial charge in [-0.1, -0.05) is 30.3 Å². The molecule has 15 heteroatoms. The fourth-order valence-electron chi connectivity index (χ4n) is 4.75. The minimum absolute atomic E-state index is 0.0518. The second-order valence-electron chi connectivity index (χ2n) is 10.6. The fourth-order valence-corrected chi connectivity index (χ4v) is 4.75. The van der Waals surface area contributed by atoms with Crippen molar-refractivity contribution in [2.75, 3.05) is 25.0 Å². The summed E-state index contributed by atoms with van der Waals surface area (Å²) in [6.07, 6.45) is 0.560. The number of carbonyl (C=O) groups is 6. The molecule has 2 aromatic carbocycles. The Bertz CT molecular complexity index is 1400. The third-order valence-corrected chi connectivity index (χ3v) is 7.12. The number of ketones is 1. The van der Waals surface area contributed by atoms with Crippen molar-refractivity contribution in [1.82, 2.24) is 20.9 Å². The number of hydrogen-bond donors (Lipinski definition) is 5. The molecule has 0 saturated carbocycles. The first-order chi connectivity index (χ1) is 21.4. The summed E-state index contributed by atoms with van der Waals surface area (Å²) in [6.45, 7) is 1.16. The van der Waals surface area contributed by atoms with E-state index in [0.29, 0.717) is 24.9 Å². The molecule has 15 nitrogen and oxygen atoms in total. The van der Waals surface area contributed by atoms with Gasteiger partial charge in [0.25, 0.3) is 11.6 Å². The van der Waals surface area contributed by atoms with Gasteiger partial charge in [-0.2, -0.15) is 0 Å². The first-order valence-electron chi connectivity index (χ1n) is 14.4. The van der Waals surface area contributed by atoms with Crippen LogP contribution >= 0.6 is 0 Å². The van der Waals surface area contributed by atoms with Crippen LogP contribution in [0.2, 0.25) is 0 Å². The Kier molecular flexibility index (Phi) is 12.5. The molecule has 0 spiro atoms. The van der Waals surface area contributed by atoms with E-state index < -0.39 is 71.4 Å². The van der Waals surface area contributed by atoms with Crippen LogP contribution in [0.25, 0.3) is 0 Å². The first kappa shape index (κ1) is 34.2. The zero-order valence-corrected chi connectivity index (χ0v) is 24.7. The van der Waals surface area contributed by atoms with Gasteiger partial charge in [-0.3, -0.25) is 38.9 Å². The second-order valence-corrected chi connectivity index (χ2v) is 10.6. The molecule has 1 fully saturated rings. The van der Waals surface area contributed by atoms with E-state index in [0.717, 1.165) is 5.56 Å². The van der Waals surface area contributed by atoms with Crippen molar-refractivity contribution in [3.63, 3.8) is 0 Å². The van der Waals surface area contributed by atoms with Gasteiger partial charge < -0.3 is 31.3 Å². The first-order valence-corrected chi connectivity index (χ1v) is 14.4. The van der Waals surface area contributed by atoms with Crippen LogP contribution in [0.5, 0.6) is 0 Å². The van der Waals surface area contributed by atoms with Crippen molar-refractivity contribution in [3.8, 4) is 0 Å². The van der Waals surface area contributed by atoms with E-state index in [1.165, 1.54) is 24.0 Å². The second kappa shape index (κ2) is 16.5. The number of likely N-dealkylation sites (tertiary alicyclic amines) is 1. The van der Waals surface area contributed by atoms with Crippen LogP contribution in [0.3, 0.4) is 0 Å². The standard InChI is InChI=1S/C30H36N6O9/c1-19(33-26(38)13-14-27(39)40)28(41)32-18-25(37)30(43)35-15-5-8-24(35)29(42)34-22(16-20-6-3-2-4-7-20)17-31-21-9-11-23(12-10-21)36(44)45/h2-4,6-7,9-12,19,22,24,31H,5,8,13-18H2,1H3,(H,32,41)(H,33,38)(H,34,42)(H,39,40)/t19-,22-,24-/m0/s1. The highest BCUT2D eigenvalue weighted by Crippen LogP contribution is 2.19. The van der Waals surface area contributed by atoms with Crippen molar-refractivity contribution >= 4 is 46.8 Å². The third-order valence-electron chi connectivity index (χ3n) is 7.12. The van der Waals surface area contributed by atoms with E-state index in [1.807, 2.05) is 30.3 Å². The van der Waals surface area contributed by atoms with E-state index in [-0.39, 0.29) is 25.2 Å². The number of carboxylic acid groups (broad SMARTS) is 1. The van der Waals surface area contributed by atoms with E-state index in [2.05, 4.69) is 21.3 Å². The number of rotatable bonds is 16. The molecule has 1 saturated heterocycles. The summed E-state index contributed by atoms with van der Waals surface area (Å²) in [7, 11) is 0. The maximum Gasteiger partial charge on any atom is 0.303 e. The lowest BCUT2D eigenvalue weighted by Gasteiger charge is -2.27. The number of hydrogen-bond acceptors (Lipinski definition) is 9. The van der Waals surface area contributed by atoms with E-state index >= 15 is 0 Å². The number of nitro benzene ring substituents is 1. The van der Waals surface area contributed by atoms with Gasteiger partial charge in [-0.25, -0.2) is 0 Å².